The Balaban J connectivity index is 2.70. The zero-order valence-corrected chi connectivity index (χ0v) is 12.2. The third-order valence-electron chi connectivity index (χ3n) is 3.04. The van der Waals surface area contributed by atoms with E-state index < -0.39 is 11.5 Å². The number of hydrogen-bond acceptors (Lipinski definition) is 2. The molecule has 2 amide bonds. The van der Waals surface area contributed by atoms with Gasteiger partial charge >= 0.3 is 12.0 Å². The lowest BCUT2D eigenvalue weighted by molar-refractivity contribution is -0.137. The normalized spacial score (nSPS) is 10.9. The number of carbonyl (C=O) groups is 2. The molecule has 5 heteroatoms. The Labute approximate surface area is 119 Å². The average Bonchev–Trinajstić information content (AvgIpc) is 2.38. The maximum absolute atomic E-state index is 12.3. The molecule has 2 N–H and O–H groups in total. The van der Waals surface area contributed by atoms with Gasteiger partial charge in [0.05, 0.1) is 0 Å². The third-order valence-corrected chi connectivity index (χ3v) is 3.04. The first kappa shape index (κ1) is 16.0. The maximum Gasteiger partial charge on any atom is 0.322 e. The number of hydrogen-bond donors (Lipinski definition) is 2. The Morgan fingerprint density at radius 3 is 2.35 bits per heavy atom. The third kappa shape index (κ3) is 4.91. The van der Waals surface area contributed by atoms with Crippen molar-refractivity contribution in [1.82, 2.24) is 5.32 Å². The molecule has 110 valence electrons. The molecule has 0 bridgehead atoms. The lowest BCUT2D eigenvalue weighted by Crippen LogP contribution is -2.50. The van der Waals surface area contributed by atoms with Crippen molar-refractivity contribution in [3.63, 3.8) is 0 Å². The van der Waals surface area contributed by atoms with Crippen molar-refractivity contribution in [2.75, 3.05) is 11.4 Å². The van der Waals surface area contributed by atoms with Crippen LogP contribution in [-0.4, -0.2) is 29.2 Å². The van der Waals surface area contributed by atoms with E-state index in [2.05, 4.69) is 5.32 Å². The van der Waals surface area contributed by atoms with E-state index in [1.165, 1.54) is 0 Å². The van der Waals surface area contributed by atoms with Crippen LogP contribution in [-0.2, 0) is 4.79 Å². The van der Waals surface area contributed by atoms with Crippen molar-refractivity contribution in [3.05, 3.63) is 30.3 Å². The van der Waals surface area contributed by atoms with E-state index in [0.29, 0.717) is 13.0 Å². The number of carbonyl (C=O) groups excluding carboxylic acids is 1. The molecular formula is C15H22N2O3. The molecule has 0 aliphatic carbocycles. The summed E-state index contributed by atoms with van der Waals surface area (Å²) < 4.78 is 0. The molecule has 20 heavy (non-hydrogen) atoms. The molecule has 0 atom stereocenters. The number of aliphatic carboxylic acids is 1. The van der Waals surface area contributed by atoms with Crippen LogP contribution >= 0.6 is 0 Å². The van der Waals surface area contributed by atoms with Gasteiger partial charge in [0.2, 0.25) is 0 Å². The summed E-state index contributed by atoms with van der Waals surface area (Å²) in [6.07, 6.45) is 0.422. The quantitative estimate of drug-likeness (QED) is 0.840. The van der Waals surface area contributed by atoms with Crippen molar-refractivity contribution >= 4 is 17.7 Å². The Kier molecular flexibility index (Phi) is 5.55. The molecule has 0 spiro atoms. The van der Waals surface area contributed by atoms with Crippen molar-refractivity contribution in [3.8, 4) is 0 Å². The number of urea groups is 1. The van der Waals surface area contributed by atoms with Crippen LogP contribution < -0.4 is 10.2 Å². The van der Waals surface area contributed by atoms with Gasteiger partial charge in [-0.3, -0.25) is 9.69 Å². The minimum absolute atomic E-state index is 0.0325. The van der Waals surface area contributed by atoms with Gasteiger partial charge in [-0.2, -0.15) is 0 Å². The molecule has 0 unspecified atom stereocenters. The van der Waals surface area contributed by atoms with Crippen LogP contribution in [0.15, 0.2) is 30.3 Å². The van der Waals surface area contributed by atoms with Crippen LogP contribution in [0, 0.1) is 0 Å². The average molecular weight is 278 g/mol. The first-order valence-electron chi connectivity index (χ1n) is 6.72. The summed E-state index contributed by atoms with van der Waals surface area (Å²) in [4.78, 5) is 24.6. The van der Waals surface area contributed by atoms with E-state index in [1.54, 1.807) is 4.90 Å². The first-order chi connectivity index (χ1) is 9.35. The Morgan fingerprint density at radius 2 is 1.85 bits per heavy atom. The number of carboxylic acid groups (broad SMARTS) is 1. The van der Waals surface area contributed by atoms with Crippen molar-refractivity contribution in [2.24, 2.45) is 0 Å². The van der Waals surface area contributed by atoms with E-state index in [9.17, 15) is 9.59 Å². The zero-order chi connectivity index (χ0) is 15.2. The molecule has 0 radical (unpaired) electrons. The highest BCUT2D eigenvalue weighted by Gasteiger charge is 2.24. The molecule has 0 saturated heterocycles. The number of anilines is 1. The second-order valence-electron chi connectivity index (χ2n) is 5.29. The van der Waals surface area contributed by atoms with E-state index in [0.717, 1.165) is 5.69 Å². The fraction of sp³-hybridized carbons (Fsp3) is 0.467. The van der Waals surface area contributed by atoms with Crippen molar-refractivity contribution < 1.29 is 14.7 Å². The SMILES string of the molecule is CCN(C(=O)NC(C)(C)CCC(=O)O)c1ccccc1. The van der Waals surface area contributed by atoms with Crippen molar-refractivity contribution in [2.45, 2.75) is 39.2 Å². The van der Waals surface area contributed by atoms with Gasteiger partial charge in [0, 0.05) is 24.2 Å². The minimum Gasteiger partial charge on any atom is -0.481 e. The predicted octanol–water partition coefficient (Wildman–Crippen LogP) is 2.87. The number of para-hydroxylation sites is 1. The predicted molar refractivity (Wildman–Crippen MR) is 78.9 cm³/mol. The fourth-order valence-corrected chi connectivity index (χ4v) is 1.89. The molecule has 0 saturated carbocycles. The van der Waals surface area contributed by atoms with Crippen LogP contribution in [0.5, 0.6) is 0 Å². The topological polar surface area (TPSA) is 69.6 Å². The van der Waals surface area contributed by atoms with Gasteiger partial charge in [-0.1, -0.05) is 18.2 Å². The number of nitrogens with one attached hydrogen (secondary N) is 1. The monoisotopic (exact) mass is 278 g/mol. The molecule has 0 fully saturated rings. The summed E-state index contributed by atoms with van der Waals surface area (Å²) >= 11 is 0. The van der Waals surface area contributed by atoms with Crippen molar-refractivity contribution in [1.29, 1.82) is 0 Å². The van der Waals surface area contributed by atoms with E-state index in [1.807, 2.05) is 51.1 Å². The highest BCUT2D eigenvalue weighted by atomic mass is 16.4. The molecular weight excluding hydrogens is 256 g/mol. The summed E-state index contributed by atoms with van der Waals surface area (Å²) in [5, 5.41) is 11.6. The van der Waals surface area contributed by atoms with Crippen LogP contribution in [0.25, 0.3) is 0 Å². The van der Waals surface area contributed by atoms with Gasteiger partial charge in [0.1, 0.15) is 0 Å². The lowest BCUT2D eigenvalue weighted by Gasteiger charge is -2.30. The lowest BCUT2D eigenvalue weighted by atomic mass is 9.99. The summed E-state index contributed by atoms with van der Waals surface area (Å²) in [6, 6.07) is 9.17. The second-order valence-corrected chi connectivity index (χ2v) is 5.29. The number of nitrogens with zero attached hydrogens (tertiary/aromatic N) is 1. The number of benzene rings is 1. The molecule has 1 rings (SSSR count). The molecule has 0 heterocycles. The number of carboxylic acids is 1. The molecule has 0 aliphatic heterocycles. The van der Waals surface area contributed by atoms with Gasteiger partial charge in [-0.05, 0) is 39.3 Å². The molecule has 5 nitrogen and oxygen atoms in total. The second kappa shape index (κ2) is 6.93. The van der Waals surface area contributed by atoms with Gasteiger partial charge in [-0.15, -0.1) is 0 Å². The largest absolute Gasteiger partial charge is 0.481 e. The molecule has 0 aliphatic rings. The van der Waals surface area contributed by atoms with Crippen LogP contribution in [0.1, 0.15) is 33.6 Å². The van der Waals surface area contributed by atoms with Gasteiger partial charge in [-0.25, -0.2) is 4.79 Å². The molecule has 1 aromatic carbocycles. The number of rotatable bonds is 6. The van der Waals surface area contributed by atoms with E-state index in [4.69, 9.17) is 5.11 Å². The van der Waals surface area contributed by atoms with Crippen LogP contribution in [0.4, 0.5) is 10.5 Å². The van der Waals surface area contributed by atoms with Gasteiger partial charge in [0.25, 0.3) is 0 Å². The number of amides is 2. The summed E-state index contributed by atoms with van der Waals surface area (Å²) in [5.41, 5.74) is 0.263. The Morgan fingerprint density at radius 1 is 1.25 bits per heavy atom. The molecule has 0 aromatic heterocycles. The fourth-order valence-electron chi connectivity index (χ4n) is 1.89. The van der Waals surface area contributed by atoms with Crippen LogP contribution in [0.3, 0.4) is 0 Å². The maximum atomic E-state index is 12.3. The van der Waals surface area contributed by atoms with Gasteiger partial charge in [0.15, 0.2) is 0 Å². The zero-order valence-electron chi connectivity index (χ0n) is 12.2. The highest BCUT2D eigenvalue weighted by molar-refractivity contribution is 5.92. The minimum atomic E-state index is -0.859. The van der Waals surface area contributed by atoms with Gasteiger partial charge < -0.3 is 10.4 Å². The molecule has 1 aromatic rings. The Bertz CT molecular complexity index is 457. The highest BCUT2D eigenvalue weighted by Crippen LogP contribution is 2.16. The summed E-state index contributed by atoms with van der Waals surface area (Å²) in [7, 11) is 0. The standard InChI is InChI=1S/C15H22N2O3/c1-4-17(12-8-6-5-7-9-12)14(20)16-15(2,3)11-10-13(18)19/h5-9H,4,10-11H2,1-3H3,(H,16,20)(H,18,19). The van der Waals surface area contributed by atoms with Crippen LogP contribution in [0.2, 0.25) is 0 Å². The van der Waals surface area contributed by atoms with E-state index in [-0.39, 0.29) is 12.5 Å². The van der Waals surface area contributed by atoms with E-state index >= 15 is 0 Å². The summed E-state index contributed by atoms with van der Waals surface area (Å²) in [6.45, 7) is 6.10. The smallest absolute Gasteiger partial charge is 0.322 e. The Hall–Kier alpha value is -2.04. The summed E-state index contributed by atoms with van der Waals surface area (Å²) in [5.74, 6) is -0.859. The first-order valence-corrected chi connectivity index (χ1v) is 6.72.